The zero-order chi connectivity index (χ0) is 12.8. The summed E-state index contributed by atoms with van der Waals surface area (Å²) in [5.41, 5.74) is -0.784. The summed E-state index contributed by atoms with van der Waals surface area (Å²) in [6, 6.07) is 0. The van der Waals surface area contributed by atoms with E-state index in [9.17, 15) is 10.0 Å². The molecule has 2 rings (SSSR count). The maximum absolute atomic E-state index is 11.6. The van der Waals surface area contributed by atoms with Gasteiger partial charge < -0.3 is 14.7 Å². The van der Waals surface area contributed by atoms with Gasteiger partial charge >= 0.3 is 5.97 Å². The standard InChI is InChI=1S/C12H21NO4/c1-11(2)5-8(6-12(3,4)13(11)15)17-10(14)9-7-16-9/h8-9,15H,5-7H2,1-4H3. The summed E-state index contributed by atoms with van der Waals surface area (Å²) in [4.78, 5) is 11.6. The predicted molar refractivity (Wildman–Crippen MR) is 60.6 cm³/mol. The molecule has 2 saturated heterocycles. The van der Waals surface area contributed by atoms with E-state index in [2.05, 4.69) is 0 Å². The monoisotopic (exact) mass is 243 g/mol. The van der Waals surface area contributed by atoms with Crippen LogP contribution in [0.2, 0.25) is 0 Å². The molecule has 2 aliphatic rings. The van der Waals surface area contributed by atoms with Gasteiger partial charge in [0.1, 0.15) is 6.10 Å². The normalized spacial score (nSPS) is 32.2. The van der Waals surface area contributed by atoms with Gasteiger partial charge in [-0.1, -0.05) is 0 Å². The molecule has 1 atom stereocenters. The topological polar surface area (TPSA) is 62.3 Å². The van der Waals surface area contributed by atoms with Gasteiger partial charge in [-0.2, -0.15) is 5.06 Å². The first-order chi connectivity index (χ1) is 7.72. The Balaban J connectivity index is 2.02. The van der Waals surface area contributed by atoms with Crippen molar-refractivity contribution in [2.75, 3.05) is 6.61 Å². The molecular weight excluding hydrogens is 222 g/mol. The average Bonchev–Trinajstić information content (AvgIpc) is 2.95. The van der Waals surface area contributed by atoms with Crippen LogP contribution in [0.1, 0.15) is 40.5 Å². The molecule has 0 aliphatic carbocycles. The first kappa shape index (κ1) is 12.8. The quantitative estimate of drug-likeness (QED) is 0.585. The smallest absolute Gasteiger partial charge is 0.337 e. The Labute approximate surface area is 102 Å². The fourth-order valence-electron chi connectivity index (χ4n) is 2.69. The summed E-state index contributed by atoms with van der Waals surface area (Å²) < 4.78 is 10.3. The largest absolute Gasteiger partial charge is 0.460 e. The van der Waals surface area contributed by atoms with E-state index in [-0.39, 0.29) is 18.2 Å². The third kappa shape index (κ3) is 2.61. The second-order valence-electron chi connectivity index (χ2n) is 6.23. The van der Waals surface area contributed by atoms with Crippen molar-refractivity contribution in [3.05, 3.63) is 0 Å². The Morgan fingerprint density at radius 3 is 2.18 bits per heavy atom. The van der Waals surface area contributed by atoms with Crippen molar-refractivity contribution in [1.82, 2.24) is 5.06 Å². The number of carbonyl (C=O) groups excluding carboxylic acids is 1. The van der Waals surface area contributed by atoms with Crippen LogP contribution in [-0.2, 0) is 14.3 Å². The second kappa shape index (κ2) is 3.93. The summed E-state index contributed by atoms with van der Waals surface area (Å²) in [7, 11) is 0. The van der Waals surface area contributed by atoms with Crippen LogP contribution in [0.25, 0.3) is 0 Å². The van der Waals surface area contributed by atoms with E-state index in [0.717, 1.165) is 0 Å². The van der Waals surface area contributed by atoms with Gasteiger partial charge in [0, 0.05) is 23.9 Å². The summed E-state index contributed by atoms with van der Waals surface area (Å²) in [5, 5.41) is 11.5. The van der Waals surface area contributed by atoms with Crippen LogP contribution in [0.5, 0.6) is 0 Å². The van der Waals surface area contributed by atoms with Crippen molar-refractivity contribution in [3.63, 3.8) is 0 Å². The lowest BCUT2D eigenvalue weighted by molar-refractivity contribution is -0.259. The van der Waals surface area contributed by atoms with Crippen molar-refractivity contribution in [3.8, 4) is 0 Å². The minimum Gasteiger partial charge on any atom is -0.460 e. The Hall–Kier alpha value is -0.650. The molecule has 2 aliphatic heterocycles. The SMILES string of the molecule is CC1(C)CC(OC(=O)C2CO2)CC(C)(C)N1O. The molecule has 0 saturated carbocycles. The number of hydroxylamine groups is 2. The zero-order valence-corrected chi connectivity index (χ0v) is 10.9. The molecule has 98 valence electrons. The maximum Gasteiger partial charge on any atom is 0.337 e. The molecule has 0 bridgehead atoms. The van der Waals surface area contributed by atoms with E-state index >= 15 is 0 Å². The molecule has 0 spiro atoms. The fourth-order valence-corrected chi connectivity index (χ4v) is 2.69. The lowest BCUT2D eigenvalue weighted by atomic mass is 9.80. The summed E-state index contributed by atoms with van der Waals surface area (Å²) in [5.74, 6) is -0.270. The number of nitrogens with zero attached hydrogens (tertiary/aromatic N) is 1. The highest BCUT2D eigenvalue weighted by atomic mass is 16.6. The number of epoxide rings is 1. The van der Waals surface area contributed by atoms with Crippen molar-refractivity contribution >= 4 is 5.97 Å². The minimum absolute atomic E-state index is 0.153. The molecule has 1 unspecified atom stereocenters. The molecular formula is C12H21NO4. The number of esters is 1. The molecule has 5 nitrogen and oxygen atoms in total. The fraction of sp³-hybridized carbons (Fsp3) is 0.917. The lowest BCUT2D eigenvalue weighted by Gasteiger charge is -2.50. The number of hydrogen-bond acceptors (Lipinski definition) is 5. The van der Waals surface area contributed by atoms with Crippen LogP contribution < -0.4 is 0 Å². The van der Waals surface area contributed by atoms with Gasteiger partial charge in [-0.05, 0) is 27.7 Å². The van der Waals surface area contributed by atoms with Gasteiger partial charge in [0.15, 0.2) is 6.10 Å². The first-order valence-corrected chi connectivity index (χ1v) is 6.04. The third-order valence-electron chi connectivity index (χ3n) is 3.48. The van der Waals surface area contributed by atoms with E-state index in [4.69, 9.17) is 9.47 Å². The van der Waals surface area contributed by atoms with E-state index in [1.54, 1.807) is 0 Å². The van der Waals surface area contributed by atoms with Crippen LogP contribution in [-0.4, -0.2) is 46.1 Å². The number of rotatable bonds is 2. The Morgan fingerprint density at radius 2 is 1.76 bits per heavy atom. The summed E-state index contributed by atoms with van der Waals surface area (Å²) >= 11 is 0. The number of ether oxygens (including phenoxy) is 2. The van der Waals surface area contributed by atoms with Crippen molar-refractivity contribution in [2.45, 2.75) is 63.8 Å². The van der Waals surface area contributed by atoms with Crippen LogP contribution in [0.4, 0.5) is 0 Å². The molecule has 0 radical (unpaired) electrons. The minimum atomic E-state index is -0.392. The highest BCUT2D eigenvalue weighted by Crippen LogP contribution is 2.38. The van der Waals surface area contributed by atoms with E-state index in [0.29, 0.717) is 19.4 Å². The van der Waals surface area contributed by atoms with Gasteiger partial charge in [0.2, 0.25) is 0 Å². The molecule has 17 heavy (non-hydrogen) atoms. The van der Waals surface area contributed by atoms with Crippen LogP contribution in [0, 0.1) is 0 Å². The Kier molecular flexibility index (Phi) is 2.96. The van der Waals surface area contributed by atoms with Crippen LogP contribution in [0.3, 0.4) is 0 Å². The number of carbonyl (C=O) groups is 1. The first-order valence-electron chi connectivity index (χ1n) is 6.04. The third-order valence-corrected chi connectivity index (χ3v) is 3.48. The van der Waals surface area contributed by atoms with Crippen LogP contribution in [0.15, 0.2) is 0 Å². The molecule has 1 N–H and O–H groups in total. The van der Waals surface area contributed by atoms with Gasteiger partial charge in [-0.15, -0.1) is 0 Å². The molecule has 0 aromatic heterocycles. The van der Waals surface area contributed by atoms with Crippen molar-refractivity contribution < 1.29 is 19.5 Å². The molecule has 2 heterocycles. The average molecular weight is 243 g/mol. The Bertz CT molecular complexity index is 304. The van der Waals surface area contributed by atoms with Gasteiger partial charge in [-0.25, -0.2) is 4.79 Å². The van der Waals surface area contributed by atoms with E-state index in [1.807, 2.05) is 27.7 Å². The summed E-state index contributed by atoms with van der Waals surface area (Å²) in [6.07, 6.45) is 0.755. The van der Waals surface area contributed by atoms with Gasteiger partial charge in [0.25, 0.3) is 0 Å². The molecule has 0 aromatic carbocycles. The zero-order valence-electron chi connectivity index (χ0n) is 10.9. The van der Waals surface area contributed by atoms with Crippen molar-refractivity contribution in [1.29, 1.82) is 0 Å². The highest BCUT2D eigenvalue weighted by Gasteiger charge is 2.47. The predicted octanol–water partition coefficient (Wildman–Crippen LogP) is 1.34. The van der Waals surface area contributed by atoms with E-state index in [1.165, 1.54) is 5.06 Å². The van der Waals surface area contributed by atoms with Crippen molar-refractivity contribution in [2.24, 2.45) is 0 Å². The number of hydrogen-bond donors (Lipinski definition) is 1. The van der Waals surface area contributed by atoms with Gasteiger partial charge in [0.05, 0.1) is 6.61 Å². The van der Waals surface area contributed by atoms with E-state index < -0.39 is 11.1 Å². The Morgan fingerprint density at radius 1 is 1.29 bits per heavy atom. The molecule has 5 heteroatoms. The molecule has 0 amide bonds. The second-order valence-corrected chi connectivity index (χ2v) is 6.23. The van der Waals surface area contributed by atoms with Gasteiger partial charge in [-0.3, -0.25) is 0 Å². The number of piperidine rings is 1. The highest BCUT2D eigenvalue weighted by molar-refractivity contribution is 5.77. The lowest BCUT2D eigenvalue weighted by Crippen LogP contribution is -2.60. The summed E-state index contributed by atoms with van der Waals surface area (Å²) in [6.45, 7) is 8.26. The van der Waals surface area contributed by atoms with Crippen LogP contribution >= 0.6 is 0 Å². The molecule has 0 aromatic rings. The maximum atomic E-state index is 11.6. The molecule has 2 fully saturated rings.